The van der Waals surface area contributed by atoms with Crippen LogP contribution in [-0.4, -0.2) is 66.6 Å². The van der Waals surface area contributed by atoms with E-state index in [9.17, 15) is 9.59 Å². The van der Waals surface area contributed by atoms with Crippen LogP contribution >= 0.6 is 23.2 Å². The van der Waals surface area contributed by atoms with E-state index >= 15 is 0 Å². The average Bonchev–Trinajstić information content (AvgIpc) is 3.08. The van der Waals surface area contributed by atoms with Gasteiger partial charge in [-0.2, -0.15) is 0 Å². The highest BCUT2D eigenvalue weighted by molar-refractivity contribution is 6.30. The molecule has 0 radical (unpaired) electrons. The van der Waals surface area contributed by atoms with E-state index in [1.807, 2.05) is 44.2 Å². The van der Waals surface area contributed by atoms with E-state index in [4.69, 9.17) is 44.8 Å². The molecule has 3 atom stereocenters. The lowest BCUT2D eigenvalue weighted by Crippen LogP contribution is -2.51. The summed E-state index contributed by atoms with van der Waals surface area (Å²) in [5.74, 6) is -0.188. The molecule has 0 amide bonds. The maximum Gasteiger partial charge on any atom is 0.338 e. The normalized spacial score (nSPS) is 19.4. The summed E-state index contributed by atoms with van der Waals surface area (Å²) in [6.07, 6.45) is 5.79. The molecule has 2 aliphatic rings. The fraction of sp³-hybridized carbons (Fsp3) is 0.342. The van der Waals surface area contributed by atoms with Gasteiger partial charge in [0.15, 0.2) is 6.23 Å². The zero-order valence-electron chi connectivity index (χ0n) is 27.4. The molecule has 3 aromatic carbocycles. The maximum atomic E-state index is 14.0. The molecule has 10 heteroatoms. The molecule has 2 aliphatic heterocycles. The summed E-state index contributed by atoms with van der Waals surface area (Å²) < 4.78 is 11.6. The van der Waals surface area contributed by atoms with Crippen molar-refractivity contribution in [3.63, 3.8) is 0 Å². The van der Waals surface area contributed by atoms with Gasteiger partial charge in [-0.05, 0) is 73.4 Å². The standard InChI is InChI=1S/C38H40Cl2N4O4/c1-5-22-47-37(45)34-33(29-9-7-8-26(6-2)23-29)32(24(3)42-36(34)41)38(46)48-25(4)43-18-20-44(21-19-43)35(27-10-14-30(39)15-11-27)28-12-16-31(40)17-13-28/h2,7-17,23,25,33-35H,5,18-22H2,1,3-4H3,(H2,41,42). The molecule has 48 heavy (non-hydrogen) atoms. The number of carbonyl (C=O) groups is 2. The number of piperazine rings is 1. The number of terminal acetylenes is 1. The van der Waals surface area contributed by atoms with E-state index in [1.165, 1.54) is 0 Å². The van der Waals surface area contributed by atoms with Gasteiger partial charge in [0, 0.05) is 47.7 Å². The van der Waals surface area contributed by atoms with Crippen molar-refractivity contribution in [2.24, 2.45) is 16.6 Å². The van der Waals surface area contributed by atoms with Gasteiger partial charge in [0.1, 0.15) is 11.8 Å². The van der Waals surface area contributed by atoms with Gasteiger partial charge >= 0.3 is 11.9 Å². The minimum absolute atomic E-state index is 0.00170. The predicted molar refractivity (Wildman–Crippen MR) is 190 cm³/mol. The van der Waals surface area contributed by atoms with Crippen LogP contribution in [-0.2, 0) is 19.1 Å². The van der Waals surface area contributed by atoms with Crippen molar-refractivity contribution in [2.75, 3.05) is 32.8 Å². The Hall–Kier alpha value is -4.13. The van der Waals surface area contributed by atoms with Crippen molar-refractivity contribution >= 4 is 41.0 Å². The number of amidine groups is 1. The molecule has 0 spiro atoms. The fourth-order valence-corrected chi connectivity index (χ4v) is 6.70. The molecule has 0 aliphatic carbocycles. The lowest BCUT2D eigenvalue weighted by molar-refractivity contribution is -0.155. The van der Waals surface area contributed by atoms with Crippen LogP contribution < -0.4 is 5.73 Å². The third-order valence-corrected chi connectivity index (χ3v) is 9.37. The highest BCUT2D eigenvalue weighted by atomic mass is 35.5. The molecule has 3 unspecified atom stereocenters. The number of hydrogen-bond acceptors (Lipinski definition) is 8. The first-order valence-electron chi connectivity index (χ1n) is 16.1. The number of halogens is 2. The molecule has 2 N–H and O–H groups in total. The number of nitrogens with two attached hydrogens (primary N) is 1. The number of carbonyl (C=O) groups excluding carboxylic acids is 2. The van der Waals surface area contributed by atoms with Gasteiger partial charge in [-0.15, -0.1) is 6.42 Å². The summed E-state index contributed by atoms with van der Waals surface area (Å²) in [7, 11) is 0. The summed E-state index contributed by atoms with van der Waals surface area (Å²) in [4.78, 5) is 36.4. The summed E-state index contributed by atoms with van der Waals surface area (Å²) in [6, 6.07) is 23.0. The lowest BCUT2D eigenvalue weighted by Gasteiger charge is -2.41. The number of aliphatic imine (C=N–C) groups is 1. The third-order valence-electron chi connectivity index (χ3n) is 8.86. The lowest BCUT2D eigenvalue weighted by atomic mass is 9.77. The van der Waals surface area contributed by atoms with Gasteiger partial charge in [-0.3, -0.25) is 14.6 Å². The van der Waals surface area contributed by atoms with Gasteiger partial charge in [-0.1, -0.05) is 72.4 Å². The van der Waals surface area contributed by atoms with E-state index in [1.54, 1.807) is 25.1 Å². The third kappa shape index (κ3) is 7.94. The molecular formula is C38H40Cl2N4O4. The molecule has 2 heterocycles. The van der Waals surface area contributed by atoms with Gasteiger partial charge in [0.2, 0.25) is 0 Å². The minimum Gasteiger partial charge on any atom is -0.465 e. The van der Waals surface area contributed by atoms with Crippen LogP contribution in [0.25, 0.3) is 0 Å². The Morgan fingerprint density at radius 1 is 0.979 bits per heavy atom. The van der Waals surface area contributed by atoms with Gasteiger partial charge in [0.05, 0.1) is 23.9 Å². The zero-order chi connectivity index (χ0) is 34.4. The molecule has 1 saturated heterocycles. The highest BCUT2D eigenvalue weighted by Gasteiger charge is 2.44. The van der Waals surface area contributed by atoms with Crippen molar-refractivity contribution in [3.8, 4) is 12.3 Å². The number of nitrogens with zero attached hydrogens (tertiary/aromatic N) is 3. The predicted octanol–water partition coefficient (Wildman–Crippen LogP) is 6.57. The maximum absolute atomic E-state index is 14.0. The molecule has 1 fully saturated rings. The smallest absolute Gasteiger partial charge is 0.338 e. The molecule has 0 saturated carbocycles. The fourth-order valence-electron chi connectivity index (χ4n) is 6.45. The summed E-state index contributed by atoms with van der Waals surface area (Å²) >= 11 is 12.4. The van der Waals surface area contributed by atoms with Crippen LogP contribution in [0.15, 0.2) is 89.1 Å². The number of rotatable bonds is 10. The monoisotopic (exact) mass is 686 g/mol. The van der Waals surface area contributed by atoms with Crippen molar-refractivity contribution in [2.45, 2.75) is 45.4 Å². The molecule has 5 rings (SSSR count). The van der Waals surface area contributed by atoms with Crippen LogP contribution in [0.1, 0.15) is 61.4 Å². The first-order chi connectivity index (χ1) is 23.1. The van der Waals surface area contributed by atoms with E-state index in [0.717, 1.165) is 24.2 Å². The Morgan fingerprint density at radius 2 is 1.56 bits per heavy atom. The van der Waals surface area contributed by atoms with E-state index in [2.05, 4.69) is 45.0 Å². The van der Waals surface area contributed by atoms with Crippen LogP contribution in [0, 0.1) is 18.3 Å². The summed E-state index contributed by atoms with van der Waals surface area (Å²) in [5.41, 5.74) is 10.5. The molecule has 0 aromatic heterocycles. The van der Waals surface area contributed by atoms with Crippen molar-refractivity contribution < 1.29 is 19.1 Å². The van der Waals surface area contributed by atoms with Crippen LogP contribution in [0.2, 0.25) is 10.0 Å². The SMILES string of the molecule is C#Cc1cccc(C2C(C(=O)OC(C)N3CCN(C(c4ccc(Cl)cc4)c4ccc(Cl)cc4)CC3)=C(C)N=C(N)C2C(=O)OCCC)c1. The number of allylic oxidation sites excluding steroid dienone is 1. The Kier molecular flexibility index (Phi) is 11.6. The summed E-state index contributed by atoms with van der Waals surface area (Å²) in [6.45, 7) is 8.47. The number of benzene rings is 3. The second-order valence-corrected chi connectivity index (χ2v) is 12.9. The Morgan fingerprint density at radius 3 is 2.12 bits per heavy atom. The van der Waals surface area contributed by atoms with Crippen molar-refractivity contribution in [1.82, 2.24) is 9.80 Å². The average molecular weight is 688 g/mol. The Balaban J connectivity index is 1.35. The topological polar surface area (TPSA) is 97.5 Å². The van der Waals surface area contributed by atoms with Crippen molar-refractivity contribution in [1.29, 1.82) is 0 Å². The first-order valence-corrected chi connectivity index (χ1v) is 16.8. The highest BCUT2D eigenvalue weighted by Crippen LogP contribution is 2.40. The van der Waals surface area contributed by atoms with E-state index in [0.29, 0.717) is 46.4 Å². The van der Waals surface area contributed by atoms with E-state index in [-0.39, 0.29) is 24.1 Å². The second-order valence-electron chi connectivity index (χ2n) is 12.0. The minimum atomic E-state index is -1.01. The summed E-state index contributed by atoms with van der Waals surface area (Å²) in [5, 5.41) is 1.36. The molecular weight excluding hydrogens is 647 g/mol. The van der Waals surface area contributed by atoms with Gasteiger partial charge in [-0.25, -0.2) is 9.79 Å². The Labute approximate surface area is 292 Å². The molecule has 250 valence electrons. The van der Waals surface area contributed by atoms with E-state index < -0.39 is 30.0 Å². The number of hydrogen-bond donors (Lipinski definition) is 1. The zero-order valence-corrected chi connectivity index (χ0v) is 28.9. The first kappa shape index (κ1) is 35.2. The van der Waals surface area contributed by atoms with Crippen LogP contribution in [0.4, 0.5) is 0 Å². The molecule has 0 bridgehead atoms. The van der Waals surface area contributed by atoms with Gasteiger partial charge < -0.3 is 15.2 Å². The van der Waals surface area contributed by atoms with Crippen molar-refractivity contribution in [3.05, 3.63) is 116 Å². The second kappa shape index (κ2) is 15.8. The molecule has 8 nitrogen and oxygen atoms in total. The van der Waals surface area contributed by atoms with Crippen LogP contribution in [0.3, 0.4) is 0 Å². The molecule has 3 aromatic rings. The quantitative estimate of drug-likeness (QED) is 0.190. The van der Waals surface area contributed by atoms with Crippen LogP contribution in [0.5, 0.6) is 0 Å². The number of esters is 2. The van der Waals surface area contributed by atoms with Gasteiger partial charge in [0.25, 0.3) is 0 Å². The number of ether oxygens (including phenoxy) is 2. The largest absolute Gasteiger partial charge is 0.465 e. The Bertz CT molecular complexity index is 1680.